The third-order valence-electron chi connectivity index (χ3n) is 3.17. The van der Waals surface area contributed by atoms with Gasteiger partial charge in [-0.25, -0.2) is 9.37 Å². The molecule has 1 N–H and O–H groups in total. The number of benzene rings is 2. The van der Waals surface area contributed by atoms with E-state index < -0.39 is 0 Å². The van der Waals surface area contributed by atoms with E-state index in [0.717, 1.165) is 15.8 Å². The average Bonchev–Trinajstić information content (AvgIpc) is 3.04. The highest BCUT2D eigenvalue weighted by Gasteiger charge is 2.09. The van der Waals surface area contributed by atoms with Crippen LogP contribution in [0.4, 0.5) is 10.1 Å². The van der Waals surface area contributed by atoms with Crippen LogP contribution >= 0.6 is 27.7 Å². The maximum Gasteiger partial charge on any atom is 0.234 e. The van der Waals surface area contributed by atoms with Gasteiger partial charge >= 0.3 is 0 Å². The Bertz CT molecular complexity index is 834. The van der Waals surface area contributed by atoms with Gasteiger partial charge in [0.15, 0.2) is 5.16 Å². The molecule has 1 aromatic heterocycles. The minimum absolute atomic E-state index is 0.115. The monoisotopic (exact) mass is 405 g/mol. The number of imidazole rings is 1. The number of nitrogens with zero attached hydrogens (tertiary/aromatic N) is 2. The van der Waals surface area contributed by atoms with E-state index >= 15 is 0 Å². The molecular weight excluding hydrogens is 393 g/mol. The van der Waals surface area contributed by atoms with Crippen LogP contribution in [0.3, 0.4) is 0 Å². The van der Waals surface area contributed by atoms with Crippen molar-refractivity contribution in [2.75, 3.05) is 11.1 Å². The van der Waals surface area contributed by atoms with E-state index in [9.17, 15) is 9.18 Å². The molecule has 0 bridgehead atoms. The lowest BCUT2D eigenvalue weighted by Crippen LogP contribution is -2.14. The van der Waals surface area contributed by atoms with Crippen molar-refractivity contribution in [2.24, 2.45) is 0 Å². The predicted molar refractivity (Wildman–Crippen MR) is 97.0 cm³/mol. The smallest absolute Gasteiger partial charge is 0.234 e. The van der Waals surface area contributed by atoms with Crippen LogP contribution in [-0.2, 0) is 4.79 Å². The first-order chi connectivity index (χ1) is 11.6. The fraction of sp³-hybridized carbons (Fsp3) is 0.0588. The Balaban J connectivity index is 1.63. The van der Waals surface area contributed by atoms with Gasteiger partial charge in [0.2, 0.25) is 5.91 Å². The molecule has 1 heterocycles. The first kappa shape index (κ1) is 16.7. The Morgan fingerprint density at radius 2 is 1.88 bits per heavy atom. The number of carbonyl (C=O) groups excluding carboxylic acids is 1. The molecule has 3 rings (SSSR count). The van der Waals surface area contributed by atoms with E-state index in [2.05, 4.69) is 26.2 Å². The van der Waals surface area contributed by atoms with Crippen LogP contribution in [0.1, 0.15) is 0 Å². The Morgan fingerprint density at radius 3 is 2.58 bits per heavy atom. The van der Waals surface area contributed by atoms with E-state index in [1.54, 1.807) is 24.5 Å². The van der Waals surface area contributed by atoms with Gasteiger partial charge in [-0.3, -0.25) is 9.36 Å². The molecule has 24 heavy (non-hydrogen) atoms. The van der Waals surface area contributed by atoms with Crippen molar-refractivity contribution < 1.29 is 9.18 Å². The maximum absolute atomic E-state index is 13.0. The topological polar surface area (TPSA) is 46.9 Å². The molecule has 1 amide bonds. The fourth-order valence-corrected chi connectivity index (χ4v) is 3.09. The molecule has 0 aliphatic heterocycles. The van der Waals surface area contributed by atoms with Crippen molar-refractivity contribution >= 4 is 39.3 Å². The lowest BCUT2D eigenvalue weighted by atomic mass is 10.3. The average molecular weight is 406 g/mol. The second-order valence-corrected chi connectivity index (χ2v) is 6.76. The van der Waals surface area contributed by atoms with E-state index in [-0.39, 0.29) is 17.5 Å². The van der Waals surface area contributed by atoms with Crippen molar-refractivity contribution in [1.29, 1.82) is 0 Å². The van der Waals surface area contributed by atoms with E-state index in [1.165, 1.54) is 23.9 Å². The van der Waals surface area contributed by atoms with E-state index in [4.69, 9.17) is 0 Å². The number of hydrogen-bond donors (Lipinski definition) is 1. The number of amides is 1. The van der Waals surface area contributed by atoms with Crippen LogP contribution in [0.25, 0.3) is 5.69 Å². The van der Waals surface area contributed by atoms with Gasteiger partial charge in [0, 0.05) is 28.2 Å². The summed E-state index contributed by atoms with van der Waals surface area (Å²) in [5.41, 5.74) is 1.54. The second-order valence-electron chi connectivity index (χ2n) is 4.90. The Morgan fingerprint density at radius 1 is 1.17 bits per heavy atom. The van der Waals surface area contributed by atoms with E-state index in [0.29, 0.717) is 5.16 Å². The lowest BCUT2D eigenvalue weighted by Gasteiger charge is -2.08. The summed E-state index contributed by atoms with van der Waals surface area (Å²) in [5.74, 6) is -0.174. The summed E-state index contributed by atoms with van der Waals surface area (Å²) in [7, 11) is 0. The van der Waals surface area contributed by atoms with Gasteiger partial charge in [-0.1, -0.05) is 27.7 Å². The van der Waals surface area contributed by atoms with Crippen molar-refractivity contribution in [3.63, 3.8) is 0 Å². The molecular formula is C17H13BrFN3OS. The lowest BCUT2D eigenvalue weighted by molar-refractivity contribution is -0.113. The van der Waals surface area contributed by atoms with Crippen LogP contribution in [-0.4, -0.2) is 21.2 Å². The summed E-state index contributed by atoms with van der Waals surface area (Å²) in [6, 6.07) is 13.5. The summed E-state index contributed by atoms with van der Waals surface area (Å²) >= 11 is 4.67. The minimum atomic E-state index is -0.290. The quantitative estimate of drug-likeness (QED) is 0.635. The van der Waals surface area contributed by atoms with Crippen LogP contribution < -0.4 is 5.32 Å². The first-order valence-corrected chi connectivity index (χ1v) is 8.87. The van der Waals surface area contributed by atoms with Crippen molar-refractivity contribution in [2.45, 2.75) is 5.16 Å². The van der Waals surface area contributed by atoms with Gasteiger partial charge in [0.25, 0.3) is 0 Å². The molecule has 0 saturated heterocycles. The summed E-state index contributed by atoms with van der Waals surface area (Å²) in [5, 5.41) is 3.50. The van der Waals surface area contributed by atoms with Gasteiger partial charge in [0.05, 0.1) is 5.75 Å². The number of carbonyl (C=O) groups is 1. The van der Waals surface area contributed by atoms with Gasteiger partial charge in [-0.15, -0.1) is 0 Å². The van der Waals surface area contributed by atoms with Gasteiger partial charge in [-0.2, -0.15) is 0 Å². The Hall–Kier alpha value is -2.12. The zero-order valence-electron chi connectivity index (χ0n) is 12.4. The molecule has 0 aliphatic carbocycles. The molecule has 0 fully saturated rings. The Kier molecular flexibility index (Phi) is 5.32. The molecule has 122 valence electrons. The third-order valence-corrected chi connectivity index (χ3v) is 4.67. The molecule has 7 heteroatoms. The molecule has 0 radical (unpaired) electrons. The van der Waals surface area contributed by atoms with E-state index in [1.807, 2.05) is 28.8 Å². The van der Waals surface area contributed by atoms with Crippen LogP contribution in [0.2, 0.25) is 0 Å². The molecule has 0 unspecified atom stereocenters. The number of anilines is 1. The molecule has 2 aromatic carbocycles. The highest BCUT2D eigenvalue weighted by atomic mass is 79.9. The number of aromatic nitrogens is 2. The summed E-state index contributed by atoms with van der Waals surface area (Å²) in [4.78, 5) is 16.3. The van der Waals surface area contributed by atoms with Gasteiger partial charge < -0.3 is 5.32 Å². The largest absolute Gasteiger partial charge is 0.325 e. The predicted octanol–water partition coefficient (Wildman–Crippen LogP) is 4.50. The minimum Gasteiger partial charge on any atom is -0.325 e. The van der Waals surface area contributed by atoms with Crippen molar-refractivity contribution in [3.8, 4) is 5.69 Å². The first-order valence-electron chi connectivity index (χ1n) is 7.09. The maximum atomic E-state index is 13.0. The molecule has 0 saturated carbocycles. The number of rotatable bonds is 5. The summed E-state index contributed by atoms with van der Waals surface area (Å²) in [6.07, 6.45) is 3.43. The van der Waals surface area contributed by atoms with Crippen molar-refractivity contribution in [3.05, 3.63) is 71.2 Å². The van der Waals surface area contributed by atoms with Gasteiger partial charge in [-0.05, 0) is 48.5 Å². The third kappa shape index (κ3) is 4.24. The molecule has 0 spiro atoms. The number of halogens is 2. The number of nitrogens with one attached hydrogen (secondary N) is 1. The number of thioether (sulfide) groups is 1. The van der Waals surface area contributed by atoms with Crippen LogP contribution in [0, 0.1) is 5.82 Å². The molecule has 4 nitrogen and oxygen atoms in total. The normalized spacial score (nSPS) is 10.6. The molecule has 3 aromatic rings. The number of hydrogen-bond acceptors (Lipinski definition) is 3. The second kappa shape index (κ2) is 7.63. The van der Waals surface area contributed by atoms with Crippen LogP contribution in [0.15, 0.2) is 70.6 Å². The van der Waals surface area contributed by atoms with Crippen LogP contribution in [0.5, 0.6) is 0 Å². The van der Waals surface area contributed by atoms with Gasteiger partial charge in [0.1, 0.15) is 5.82 Å². The highest BCUT2D eigenvalue weighted by Crippen LogP contribution is 2.21. The zero-order chi connectivity index (χ0) is 16.9. The molecule has 0 aliphatic rings. The standard InChI is InChI=1S/C17H13BrFN3OS/c18-12-1-5-14(6-2-12)21-16(23)11-24-17-20-9-10-22(17)15-7-3-13(19)4-8-15/h1-10H,11H2,(H,21,23). The summed E-state index contributed by atoms with van der Waals surface area (Å²) < 4.78 is 15.8. The fourth-order valence-electron chi connectivity index (χ4n) is 2.06. The van der Waals surface area contributed by atoms with Crippen molar-refractivity contribution in [1.82, 2.24) is 9.55 Å². The SMILES string of the molecule is O=C(CSc1nccn1-c1ccc(F)cc1)Nc1ccc(Br)cc1. The zero-order valence-corrected chi connectivity index (χ0v) is 14.8. The summed E-state index contributed by atoms with van der Waals surface area (Å²) in [6.45, 7) is 0. The Labute approximate surface area is 151 Å². The highest BCUT2D eigenvalue weighted by molar-refractivity contribution is 9.10. The molecule has 0 atom stereocenters.